The van der Waals surface area contributed by atoms with Crippen molar-refractivity contribution < 1.29 is 23.4 Å². The van der Waals surface area contributed by atoms with Crippen molar-refractivity contribution in [2.45, 2.75) is 26.4 Å². The predicted octanol–water partition coefficient (Wildman–Crippen LogP) is 1.16. The molecule has 21 heavy (non-hydrogen) atoms. The normalized spacial score (nSPS) is 11.7. The Labute approximate surface area is 130 Å². The minimum atomic E-state index is -2.00. The summed E-state index contributed by atoms with van der Waals surface area (Å²) in [5, 5.41) is 2.63. The second-order valence-corrected chi connectivity index (χ2v) is 10.8. The summed E-state index contributed by atoms with van der Waals surface area (Å²) >= 11 is 0. The molecule has 0 aliphatic heterocycles. The molecule has 0 rings (SSSR count). The first kappa shape index (κ1) is 22.9. The Hall–Kier alpha value is -0.373. The van der Waals surface area contributed by atoms with Crippen molar-refractivity contribution in [2.24, 2.45) is 0 Å². The van der Waals surface area contributed by atoms with E-state index < -0.39 is 16.3 Å². The molecule has 0 saturated heterocycles. The summed E-state index contributed by atoms with van der Waals surface area (Å²) in [4.78, 5) is 20.6. The van der Waals surface area contributed by atoms with Gasteiger partial charge in [0.25, 0.3) is 0 Å². The fourth-order valence-electron chi connectivity index (χ4n) is 0.948. The number of amides is 1. The molecule has 0 aliphatic rings. The van der Waals surface area contributed by atoms with Crippen molar-refractivity contribution >= 4 is 22.3 Å². The molecule has 0 spiro atoms. The third-order valence-corrected chi connectivity index (χ3v) is 4.99. The number of hydrogen-bond donors (Lipinski definition) is 2. The van der Waals surface area contributed by atoms with Crippen LogP contribution < -0.4 is 5.32 Å². The molecule has 0 saturated carbocycles. The second-order valence-electron chi connectivity index (χ2n) is 5.42. The van der Waals surface area contributed by atoms with E-state index in [1.807, 2.05) is 19.0 Å². The van der Waals surface area contributed by atoms with Gasteiger partial charge in [0.05, 0.1) is 19.5 Å². The lowest BCUT2D eigenvalue weighted by molar-refractivity contribution is -0.119. The lowest BCUT2D eigenvalue weighted by Gasteiger charge is -2.19. The summed E-state index contributed by atoms with van der Waals surface area (Å²) in [5.74, 6) is 0.0127. The van der Waals surface area contributed by atoms with Gasteiger partial charge in [-0.2, -0.15) is 4.89 Å². The molecule has 126 valence electrons. The van der Waals surface area contributed by atoms with Crippen molar-refractivity contribution in [1.82, 2.24) is 10.2 Å². The molecule has 0 bridgehead atoms. The number of nitrogens with zero attached hydrogens (tertiary/aromatic N) is 1. The fraction of sp³-hybridized carbons (Fsp3) is 0.917. The van der Waals surface area contributed by atoms with E-state index in [1.54, 1.807) is 7.11 Å². The molecular formula is C12H30N2O5PSi+. The third kappa shape index (κ3) is 22.1. The summed E-state index contributed by atoms with van der Waals surface area (Å²) in [5.41, 5.74) is 0. The Bertz CT molecular complexity index is 303. The SMILES string of the molecule is CC(=O)NCN(C)C.CO[Si](C)(C)COCCC[P+](=O)O. The van der Waals surface area contributed by atoms with E-state index in [1.165, 1.54) is 6.92 Å². The van der Waals surface area contributed by atoms with Gasteiger partial charge in [-0.3, -0.25) is 9.69 Å². The fourth-order valence-corrected chi connectivity index (χ4v) is 2.10. The minimum absolute atomic E-state index is 0.0127. The Morgan fingerprint density at radius 3 is 2.29 bits per heavy atom. The van der Waals surface area contributed by atoms with Gasteiger partial charge in [-0.1, -0.05) is 0 Å². The van der Waals surface area contributed by atoms with E-state index >= 15 is 0 Å². The van der Waals surface area contributed by atoms with Crippen molar-refractivity contribution in [3.8, 4) is 0 Å². The quantitative estimate of drug-likeness (QED) is 0.283. The van der Waals surface area contributed by atoms with Crippen molar-refractivity contribution in [3.63, 3.8) is 0 Å². The Balaban J connectivity index is 0. The zero-order chi connectivity index (χ0) is 16.9. The van der Waals surface area contributed by atoms with Crippen molar-refractivity contribution in [1.29, 1.82) is 0 Å². The van der Waals surface area contributed by atoms with E-state index in [0.717, 1.165) is 0 Å². The van der Waals surface area contributed by atoms with E-state index in [2.05, 4.69) is 18.4 Å². The Morgan fingerprint density at radius 2 is 1.95 bits per heavy atom. The molecule has 0 aromatic heterocycles. The zero-order valence-electron chi connectivity index (χ0n) is 14.0. The summed E-state index contributed by atoms with van der Waals surface area (Å²) in [6, 6.07) is 0. The monoisotopic (exact) mass is 341 g/mol. The molecule has 0 aliphatic carbocycles. The van der Waals surface area contributed by atoms with Crippen LogP contribution in [0, 0.1) is 0 Å². The van der Waals surface area contributed by atoms with Crippen LogP contribution >= 0.6 is 8.03 Å². The Kier molecular flexibility index (Phi) is 14.5. The summed E-state index contributed by atoms with van der Waals surface area (Å²) in [7, 11) is 1.88. The summed E-state index contributed by atoms with van der Waals surface area (Å²) < 4.78 is 20.9. The van der Waals surface area contributed by atoms with Crippen LogP contribution in [0.15, 0.2) is 0 Å². The summed E-state index contributed by atoms with van der Waals surface area (Å²) in [6.07, 6.45) is 1.61. The van der Waals surface area contributed by atoms with Crippen LogP contribution in [0.3, 0.4) is 0 Å². The van der Waals surface area contributed by atoms with Gasteiger partial charge >= 0.3 is 8.03 Å². The first-order chi connectivity index (χ1) is 9.60. The maximum absolute atomic E-state index is 10.3. The van der Waals surface area contributed by atoms with Crippen LogP contribution in [0.2, 0.25) is 13.1 Å². The smallest absolute Gasteiger partial charge is 0.418 e. The van der Waals surface area contributed by atoms with Crippen LogP contribution in [-0.2, 0) is 18.5 Å². The van der Waals surface area contributed by atoms with Crippen molar-refractivity contribution in [2.75, 3.05) is 46.9 Å². The molecule has 2 N–H and O–H groups in total. The molecule has 1 unspecified atom stereocenters. The second kappa shape index (κ2) is 13.3. The first-order valence-electron chi connectivity index (χ1n) is 6.76. The van der Waals surface area contributed by atoms with Crippen LogP contribution in [-0.4, -0.2) is 70.9 Å². The lowest BCUT2D eigenvalue weighted by atomic mass is 10.5. The molecule has 1 amide bonds. The molecule has 0 aromatic carbocycles. The van der Waals surface area contributed by atoms with E-state index in [4.69, 9.17) is 14.1 Å². The molecular weight excluding hydrogens is 311 g/mol. The molecule has 0 fully saturated rings. The minimum Gasteiger partial charge on any atom is -0.418 e. The van der Waals surface area contributed by atoms with Crippen LogP contribution in [0.1, 0.15) is 13.3 Å². The highest BCUT2D eigenvalue weighted by atomic mass is 31.1. The average Bonchev–Trinajstić information content (AvgIpc) is 2.36. The number of hydrogen-bond acceptors (Lipinski definition) is 5. The highest BCUT2D eigenvalue weighted by Crippen LogP contribution is 2.13. The lowest BCUT2D eigenvalue weighted by Crippen LogP contribution is -2.35. The van der Waals surface area contributed by atoms with Gasteiger partial charge in [-0.05, 0) is 31.8 Å². The van der Waals surface area contributed by atoms with Gasteiger partial charge < -0.3 is 14.5 Å². The zero-order valence-corrected chi connectivity index (χ0v) is 15.9. The van der Waals surface area contributed by atoms with Gasteiger partial charge in [0.1, 0.15) is 0 Å². The van der Waals surface area contributed by atoms with Crippen molar-refractivity contribution in [3.05, 3.63) is 0 Å². The van der Waals surface area contributed by atoms with E-state index in [0.29, 0.717) is 32.1 Å². The number of carbonyl (C=O) groups is 1. The van der Waals surface area contributed by atoms with Crippen LogP contribution in [0.4, 0.5) is 0 Å². The van der Waals surface area contributed by atoms with Crippen LogP contribution in [0.5, 0.6) is 0 Å². The van der Waals surface area contributed by atoms with Crippen LogP contribution in [0.25, 0.3) is 0 Å². The topological polar surface area (TPSA) is 88.1 Å². The third-order valence-electron chi connectivity index (χ3n) is 2.28. The molecule has 0 radical (unpaired) electrons. The number of ether oxygens (including phenoxy) is 1. The number of rotatable bonds is 9. The molecule has 0 heterocycles. The van der Waals surface area contributed by atoms with E-state index in [-0.39, 0.29) is 5.91 Å². The van der Waals surface area contributed by atoms with Gasteiger partial charge in [-0.25, -0.2) is 0 Å². The Morgan fingerprint density at radius 1 is 1.38 bits per heavy atom. The van der Waals surface area contributed by atoms with E-state index in [9.17, 15) is 9.36 Å². The highest BCUT2D eigenvalue weighted by Gasteiger charge is 2.20. The predicted molar refractivity (Wildman–Crippen MR) is 87.0 cm³/mol. The average molecular weight is 341 g/mol. The number of nitrogens with one attached hydrogen (secondary N) is 1. The van der Waals surface area contributed by atoms with Gasteiger partial charge in [0.15, 0.2) is 6.16 Å². The first-order valence-corrected chi connectivity index (χ1v) is 11.3. The van der Waals surface area contributed by atoms with Gasteiger partial charge in [0.2, 0.25) is 14.2 Å². The standard InChI is InChI=1S/C7H17O4PSi.C5H12N2O/c1-10-13(2,3)7-11-5-4-6-12(8)9;1-5(8)6-4-7(2)3/h4-7H2,1-3H3;4H2,1-3H3,(H,6,8)/p+1. The largest absolute Gasteiger partial charge is 0.505 e. The van der Waals surface area contributed by atoms with Gasteiger partial charge in [-0.15, -0.1) is 0 Å². The number of carbonyl (C=O) groups excluding carboxylic acids is 1. The maximum Gasteiger partial charge on any atom is 0.505 e. The molecule has 1 atom stereocenters. The molecule has 0 aromatic rings. The summed E-state index contributed by atoms with van der Waals surface area (Å²) in [6.45, 7) is 6.80. The highest BCUT2D eigenvalue weighted by molar-refractivity contribution is 7.37. The maximum atomic E-state index is 10.3. The molecule has 9 heteroatoms. The van der Waals surface area contributed by atoms with Gasteiger partial charge in [0, 0.05) is 20.5 Å². The molecule has 7 nitrogen and oxygen atoms in total.